The molecule has 1 unspecified atom stereocenters. The van der Waals surface area contributed by atoms with E-state index in [9.17, 15) is 4.79 Å². The highest BCUT2D eigenvalue weighted by molar-refractivity contribution is 5.91. The number of hydrogen-bond donors (Lipinski definition) is 2. The summed E-state index contributed by atoms with van der Waals surface area (Å²) in [6.07, 6.45) is 3.63. The average Bonchev–Trinajstić information content (AvgIpc) is 2.94. The van der Waals surface area contributed by atoms with Gasteiger partial charge in [-0.15, -0.1) is 0 Å². The summed E-state index contributed by atoms with van der Waals surface area (Å²) >= 11 is 0. The normalized spacial score (nSPS) is 18.1. The number of urea groups is 1. The van der Waals surface area contributed by atoms with E-state index in [0.717, 1.165) is 32.2 Å². The fourth-order valence-corrected chi connectivity index (χ4v) is 2.67. The summed E-state index contributed by atoms with van der Waals surface area (Å²) in [4.78, 5) is 14.2. The zero-order valence-electron chi connectivity index (χ0n) is 11.8. The van der Waals surface area contributed by atoms with Gasteiger partial charge in [0.25, 0.3) is 0 Å². The molecular weight excluding hydrogens is 256 g/mol. The minimum atomic E-state index is -0.0880. The van der Waals surface area contributed by atoms with Crippen molar-refractivity contribution in [3.8, 4) is 5.75 Å². The van der Waals surface area contributed by atoms with E-state index < -0.39 is 0 Å². The molecule has 1 aliphatic heterocycles. The maximum atomic E-state index is 12.4. The van der Waals surface area contributed by atoms with E-state index in [1.54, 1.807) is 7.11 Å². The summed E-state index contributed by atoms with van der Waals surface area (Å²) < 4.78 is 5.23. The topological polar surface area (TPSA) is 61.8 Å². The van der Waals surface area contributed by atoms with Crippen LogP contribution in [0.1, 0.15) is 25.7 Å². The molecule has 0 saturated carbocycles. The summed E-state index contributed by atoms with van der Waals surface area (Å²) in [5, 5.41) is 11.8. The van der Waals surface area contributed by atoms with Crippen LogP contribution in [0.4, 0.5) is 10.5 Å². The van der Waals surface area contributed by atoms with Crippen LogP contribution in [0.3, 0.4) is 0 Å². The van der Waals surface area contributed by atoms with Gasteiger partial charge >= 0.3 is 6.03 Å². The van der Waals surface area contributed by atoms with Gasteiger partial charge in [0.2, 0.25) is 0 Å². The number of nitrogens with zero attached hydrogens (tertiary/aromatic N) is 1. The molecule has 1 aromatic rings. The van der Waals surface area contributed by atoms with Gasteiger partial charge in [-0.05, 0) is 37.8 Å². The van der Waals surface area contributed by atoms with E-state index in [0.29, 0.717) is 11.4 Å². The van der Waals surface area contributed by atoms with Crippen LogP contribution in [0.2, 0.25) is 0 Å². The lowest BCUT2D eigenvalue weighted by atomic mass is 10.1. The third-order valence-electron chi connectivity index (χ3n) is 3.68. The molecule has 1 aliphatic rings. The predicted molar refractivity (Wildman–Crippen MR) is 78.1 cm³/mol. The lowest BCUT2D eigenvalue weighted by Crippen LogP contribution is -2.38. The van der Waals surface area contributed by atoms with Gasteiger partial charge in [0.1, 0.15) is 5.75 Å². The SMILES string of the molecule is COc1ccccc1NC(=O)N1CCCC1CCCO. The molecule has 110 valence electrons. The van der Waals surface area contributed by atoms with E-state index in [1.807, 2.05) is 29.2 Å². The second kappa shape index (κ2) is 7.14. The zero-order chi connectivity index (χ0) is 14.4. The number of aliphatic hydroxyl groups is 1. The number of nitrogens with one attached hydrogen (secondary N) is 1. The highest BCUT2D eigenvalue weighted by Gasteiger charge is 2.28. The number of carbonyl (C=O) groups excluding carboxylic acids is 1. The molecule has 5 heteroatoms. The molecule has 1 atom stereocenters. The molecule has 2 amide bonds. The van der Waals surface area contributed by atoms with Gasteiger partial charge in [0.05, 0.1) is 12.8 Å². The van der Waals surface area contributed by atoms with Crippen molar-refractivity contribution in [2.75, 3.05) is 25.6 Å². The highest BCUT2D eigenvalue weighted by Crippen LogP contribution is 2.26. The zero-order valence-corrected chi connectivity index (χ0v) is 11.8. The maximum Gasteiger partial charge on any atom is 0.322 e. The van der Waals surface area contributed by atoms with E-state index in [-0.39, 0.29) is 18.7 Å². The Bertz CT molecular complexity index is 450. The summed E-state index contributed by atoms with van der Waals surface area (Å²) in [6, 6.07) is 7.53. The summed E-state index contributed by atoms with van der Waals surface area (Å²) in [7, 11) is 1.59. The van der Waals surface area contributed by atoms with Crippen molar-refractivity contribution in [2.45, 2.75) is 31.7 Å². The van der Waals surface area contributed by atoms with Crippen LogP contribution in [0, 0.1) is 0 Å². The van der Waals surface area contributed by atoms with E-state index >= 15 is 0 Å². The maximum absolute atomic E-state index is 12.4. The number of aliphatic hydroxyl groups excluding tert-OH is 1. The Hall–Kier alpha value is -1.75. The standard InChI is InChI=1S/C15H22N2O3/c1-20-14-9-3-2-8-13(14)16-15(19)17-10-4-6-12(17)7-5-11-18/h2-3,8-9,12,18H,4-7,10-11H2,1H3,(H,16,19). The van der Waals surface area contributed by atoms with Crippen molar-refractivity contribution in [2.24, 2.45) is 0 Å². The van der Waals surface area contributed by atoms with Crippen molar-refractivity contribution in [1.29, 1.82) is 0 Å². The van der Waals surface area contributed by atoms with Crippen LogP contribution in [0.15, 0.2) is 24.3 Å². The van der Waals surface area contributed by atoms with Gasteiger partial charge in [-0.2, -0.15) is 0 Å². The Labute approximate surface area is 119 Å². The minimum absolute atomic E-state index is 0.0880. The first-order chi connectivity index (χ1) is 9.76. The molecule has 1 fully saturated rings. The molecule has 1 saturated heterocycles. The van der Waals surface area contributed by atoms with E-state index in [2.05, 4.69) is 5.32 Å². The Morgan fingerprint density at radius 3 is 3.05 bits per heavy atom. The number of rotatable bonds is 5. The average molecular weight is 278 g/mol. The number of para-hydroxylation sites is 2. The number of methoxy groups -OCH3 is 1. The Balaban J connectivity index is 2.00. The third-order valence-corrected chi connectivity index (χ3v) is 3.68. The first-order valence-corrected chi connectivity index (χ1v) is 7.07. The molecular formula is C15H22N2O3. The first-order valence-electron chi connectivity index (χ1n) is 7.07. The third kappa shape index (κ3) is 3.42. The van der Waals surface area contributed by atoms with Crippen LogP contribution < -0.4 is 10.1 Å². The summed E-state index contributed by atoms with van der Waals surface area (Å²) in [5.74, 6) is 0.659. The first kappa shape index (κ1) is 14.7. The van der Waals surface area contributed by atoms with Crippen LogP contribution in [0.5, 0.6) is 5.75 Å². The van der Waals surface area contributed by atoms with Crippen LogP contribution in [-0.2, 0) is 0 Å². The van der Waals surface area contributed by atoms with Gasteiger partial charge < -0.3 is 20.1 Å². The fraction of sp³-hybridized carbons (Fsp3) is 0.533. The largest absolute Gasteiger partial charge is 0.495 e. The molecule has 5 nitrogen and oxygen atoms in total. The molecule has 1 aromatic carbocycles. The summed E-state index contributed by atoms with van der Waals surface area (Å²) in [6.45, 7) is 0.954. The molecule has 0 aliphatic carbocycles. The van der Waals surface area contributed by atoms with Crippen molar-refractivity contribution < 1.29 is 14.6 Å². The number of hydrogen-bond acceptors (Lipinski definition) is 3. The number of carbonyl (C=O) groups is 1. The molecule has 2 rings (SSSR count). The second-order valence-corrected chi connectivity index (χ2v) is 4.99. The second-order valence-electron chi connectivity index (χ2n) is 4.99. The number of benzene rings is 1. The smallest absolute Gasteiger partial charge is 0.322 e. The van der Waals surface area contributed by atoms with Gasteiger partial charge in [-0.25, -0.2) is 4.79 Å². The van der Waals surface area contributed by atoms with Crippen molar-refractivity contribution in [3.63, 3.8) is 0 Å². The van der Waals surface area contributed by atoms with E-state index in [1.165, 1.54) is 0 Å². The number of anilines is 1. The van der Waals surface area contributed by atoms with Crippen LogP contribution in [-0.4, -0.2) is 42.3 Å². The Kier molecular flexibility index (Phi) is 5.24. The number of ether oxygens (including phenoxy) is 1. The minimum Gasteiger partial charge on any atom is -0.495 e. The molecule has 0 bridgehead atoms. The van der Waals surface area contributed by atoms with Crippen LogP contribution in [0.25, 0.3) is 0 Å². The quantitative estimate of drug-likeness (QED) is 0.869. The van der Waals surface area contributed by atoms with Crippen molar-refractivity contribution in [3.05, 3.63) is 24.3 Å². The van der Waals surface area contributed by atoms with Crippen molar-refractivity contribution >= 4 is 11.7 Å². The predicted octanol–water partition coefficient (Wildman–Crippen LogP) is 2.46. The van der Waals surface area contributed by atoms with Crippen LogP contribution >= 0.6 is 0 Å². The van der Waals surface area contributed by atoms with Gasteiger partial charge in [-0.1, -0.05) is 12.1 Å². The molecule has 0 spiro atoms. The summed E-state index contributed by atoms with van der Waals surface area (Å²) in [5.41, 5.74) is 0.688. The van der Waals surface area contributed by atoms with Gasteiger partial charge in [0, 0.05) is 19.2 Å². The Morgan fingerprint density at radius 1 is 1.50 bits per heavy atom. The van der Waals surface area contributed by atoms with Gasteiger partial charge in [0.15, 0.2) is 0 Å². The molecule has 2 N–H and O–H groups in total. The molecule has 20 heavy (non-hydrogen) atoms. The monoisotopic (exact) mass is 278 g/mol. The lowest BCUT2D eigenvalue weighted by molar-refractivity contribution is 0.197. The highest BCUT2D eigenvalue weighted by atomic mass is 16.5. The number of amides is 2. The molecule has 0 radical (unpaired) electrons. The van der Waals surface area contributed by atoms with Gasteiger partial charge in [-0.3, -0.25) is 0 Å². The molecule has 0 aromatic heterocycles. The number of likely N-dealkylation sites (tertiary alicyclic amines) is 1. The Morgan fingerprint density at radius 2 is 2.30 bits per heavy atom. The lowest BCUT2D eigenvalue weighted by Gasteiger charge is -2.25. The van der Waals surface area contributed by atoms with E-state index in [4.69, 9.17) is 9.84 Å². The fourth-order valence-electron chi connectivity index (χ4n) is 2.67. The van der Waals surface area contributed by atoms with Crippen molar-refractivity contribution in [1.82, 2.24) is 4.90 Å². The molecule has 1 heterocycles.